The lowest BCUT2D eigenvalue weighted by Gasteiger charge is -2.37. The zero-order valence-electron chi connectivity index (χ0n) is 16.8. The van der Waals surface area contributed by atoms with Crippen molar-refractivity contribution in [1.82, 2.24) is 24.8 Å². The summed E-state index contributed by atoms with van der Waals surface area (Å²) in [5.74, 6) is 0.659. The van der Waals surface area contributed by atoms with Crippen LogP contribution < -0.4 is 0 Å². The molecule has 0 aliphatic carbocycles. The van der Waals surface area contributed by atoms with Crippen molar-refractivity contribution in [2.45, 2.75) is 26.2 Å². The minimum Gasteiger partial charge on any atom is -0.338 e. The molecule has 30 heavy (non-hydrogen) atoms. The molecule has 1 saturated heterocycles. The molecular formula is C23H22N6O. The van der Waals surface area contributed by atoms with Crippen molar-refractivity contribution in [3.8, 4) is 17.3 Å². The van der Waals surface area contributed by atoms with E-state index < -0.39 is 5.41 Å². The lowest BCUT2D eigenvalue weighted by molar-refractivity contribution is 0.0647. The Morgan fingerprint density at radius 2 is 1.80 bits per heavy atom. The van der Waals surface area contributed by atoms with Crippen LogP contribution in [-0.4, -0.2) is 43.8 Å². The Kier molecular flexibility index (Phi) is 5.48. The van der Waals surface area contributed by atoms with E-state index in [0.717, 1.165) is 11.1 Å². The average molecular weight is 398 g/mol. The lowest BCUT2D eigenvalue weighted by atomic mass is 9.75. The first kappa shape index (κ1) is 19.6. The predicted molar refractivity (Wildman–Crippen MR) is 111 cm³/mol. The monoisotopic (exact) mass is 398 g/mol. The van der Waals surface area contributed by atoms with Crippen molar-refractivity contribution in [1.29, 1.82) is 5.26 Å². The summed E-state index contributed by atoms with van der Waals surface area (Å²) in [5, 5.41) is 9.88. The van der Waals surface area contributed by atoms with Crippen molar-refractivity contribution >= 4 is 5.91 Å². The van der Waals surface area contributed by atoms with Gasteiger partial charge >= 0.3 is 0 Å². The molecular weight excluding hydrogens is 376 g/mol. The van der Waals surface area contributed by atoms with Gasteiger partial charge in [0.1, 0.15) is 5.82 Å². The molecule has 7 heteroatoms. The largest absolute Gasteiger partial charge is 0.338 e. The van der Waals surface area contributed by atoms with Gasteiger partial charge in [0.15, 0.2) is 0 Å². The zero-order valence-corrected chi connectivity index (χ0v) is 16.8. The molecule has 0 atom stereocenters. The highest BCUT2D eigenvalue weighted by molar-refractivity contribution is 5.99. The second-order valence-electron chi connectivity index (χ2n) is 7.64. The molecule has 0 N–H and O–H groups in total. The van der Waals surface area contributed by atoms with Gasteiger partial charge in [0, 0.05) is 49.6 Å². The van der Waals surface area contributed by atoms with Crippen LogP contribution in [0.3, 0.4) is 0 Å². The Labute approximate surface area is 175 Å². The number of nitriles is 1. The fourth-order valence-electron chi connectivity index (χ4n) is 3.86. The molecule has 0 bridgehead atoms. The van der Waals surface area contributed by atoms with Gasteiger partial charge in [0.05, 0.1) is 22.7 Å². The molecule has 1 aliphatic heterocycles. The maximum atomic E-state index is 13.3. The van der Waals surface area contributed by atoms with E-state index >= 15 is 0 Å². The fourth-order valence-corrected chi connectivity index (χ4v) is 3.86. The molecule has 3 aromatic heterocycles. The van der Waals surface area contributed by atoms with Crippen LogP contribution in [0.15, 0.2) is 55.2 Å². The van der Waals surface area contributed by atoms with Crippen LogP contribution in [0.25, 0.3) is 11.3 Å². The number of aryl methyl sites for hydroxylation is 1. The van der Waals surface area contributed by atoms with Crippen molar-refractivity contribution < 1.29 is 4.79 Å². The van der Waals surface area contributed by atoms with Crippen LogP contribution in [-0.2, 0) is 6.42 Å². The number of carbonyl (C=O) groups is 1. The molecule has 4 rings (SSSR count). The summed E-state index contributed by atoms with van der Waals surface area (Å²) in [7, 11) is 0. The first-order valence-corrected chi connectivity index (χ1v) is 9.94. The zero-order chi connectivity index (χ0) is 21.0. The molecule has 0 aromatic carbocycles. The molecule has 1 aliphatic rings. The average Bonchev–Trinajstić information content (AvgIpc) is 2.81. The van der Waals surface area contributed by atoms with E-state index in [1.165, 1.54) is 0 Å². The van der Waals surface area contributed by atoms with Crippen molar-refractivity contribution in [3.05, 3.63) is 72.2 Å². The van der Waals surface area contributed by atoms with E-state index in [1.807, 2.05) is 24.0 Å². The third-order valence-electron chi connectivity index (χ3n) is 5.61. The molecule has 0 radical (unpaired) electrons. The van der Waals surface area contributed by atoms with Crippen LogP contribution in [0.2, 0.25) is 0 Å². The Balaban J connectivity index is 1.50. The number of carbonyl (C=O) groups excluding carboxylic acids is 1. The number of nitrogens with zero attached hydrogens (tertiary/aromatic N) is 6. The number of likely N-dealkylation sites (tertiary alicyclic amines) is 1. The third-order valence-corrected chi connectivity index (χ3v) is 5.61. The lowest BCUT2D eigenvalue weighted by Crippen LogP contribution is -2.43. The summed E-state index contributed by atoms with van der Waals surface area (Å²) in [4.78, 5) is 32.0. The number of piperidine rings is 1. The first-order chi connectivity index (χ1) is 14.6. The van der Waals surface area contributed by atoms with Crippen molar-refractivity contribution in [2.75, 3.05) is 13.1 Å². The highest BCUT2D eigenvalue weighted by Crippen LogP contribution is 2.35. The fraction of sp³-hybridized carbons (Fsp3) is 0.304. The maximum Gasteiger partial charge on any atom is 0.256 e. The summed E-state index contributed by atoms with van der Waals surface area (Å²) in [6, 6.07) is 9.78. The topological polar surface area (TPSA) is 95.7 Å². The van der Waals surface area contributed by atoms with Gasteiger partial charge in [-0.2, -0.15) is 5.26 Å². The van der Waals surface area contributed by atoms with E-state index in [0.29, 0.717) is 49.4 Å². The van der Waals surface area contributed by atoms with Gasteiger partial charge in [-0.15, -0.1) is 0 Å². The van der Waals surface area contributed by atoms with E-state index in [-0.39, 0.29) is 5.91 Å². The van der Waals surface area contributed by atoms with Crippen LogP contribution in [0.1, 0.15) is 34.6 Å². The van der Waals surface area contributed by atoms with Crippen LogP contribution in [0.4, 0.5) is 0 Å². The van der Waals surface area contributed by atoms with Gasteiger partial charge in [-0.25, -0.2) is 9.97 Å². The number of hydrogen-bond donors (Lipinski definition) is 0. The Morgan fingerprint density at radius 1 is 1.10 bits per heavy atom. The van der Waals surface area contributed by atoms with E-state index in [2.05, 4.69) is 26.0 Å². The maximum absolute atomic E-state index is 13.3. The van der Waals surface area contributed by atoms with Crippen LogP contribution in [0, 0.1) is 23.7 Å². The number of hydrogen-bond acceptors (Lipinski definition) is 6. The smallest absolute Gasteiger partial charge is 0.256 e. The third kappa shape index (κ3) is 4.03. The second kappa shape index (κ2) is 8.37. The quantitative estimate of drug-likeness (QED) is 0.669. The molecule has 4 heterocycles. The molecule has 7 nitrogen and oxygen atoms in total. The number of amides is 1. The summed E-state index contributed by atoms with van der Waals surface area (Å²) in [6.45, 7) is 2.90. The Morgan fingerprint density at radius 3 is 2.47 bits per heavy atom. The Bertz CT molecular complexity index is 1070. The second-order valence-corrected chi connectivity index (χ2v) is 7.64. The minimum absolute atomic E-state index is 0.0554. The summed E-state index contributed by atoms with van der Waals surface area (Å²) < 4.78 is 0. The molecule has 150 valence electrons. The first-order valence-electron chi connectivity index (χ1n) is 9.94. The molecule has 0 unspecified atom stereocenters. The van der Waals surface area contributed by atoms with Gasteiger partial charge in [-0.1, -0.05) is 0 Å². The van der Waals surface area contributed by atoms with E-state index in [1.54, 1.807) is 43.1 Å². The van der Waals surface area contributed by atoms with Crippen molar-refractivity contribution in [2.24, 2.45) is 5.41 Å². The number of aromatic nitrogens is 4. The Hall–Kier alpha value is -3.66. The summed E-state index contributed by atoms with van der Waals surface area (Å²) in [5.41, 5.74) is 2.53. The molecule has 0 spiro atoms. The molecule has 1 fully saturated rings. The standard InChI is InChI=1S/C23H22N6O/c1-17-27-14-18(15-28-17)13-23(16-24)6-11-29(12-7-23)22(30)20-3-2-8-26-21(20)19-4-9-25-10-5-19/h2-5,8-10,14-15H,6-7,11-13H2,1H3. The van der Waals surface area contributed by atoms with Gasteiger partial charge in [-0.05, 0) is 56.0 Å². The van der Waals surface area contributed by atoms with Gasteiger partial charge in [0.25, 0.3) is 5.91 Å². The van der Waals surface area contributed by atoms with E-state index in [4.69, 9.17) is 0 Å². The van der Waals surface area contributed by atoms with Gasteiger partial charge < -0.3 is 4.90 Å². The number of rotatable bonds is 4. The molecule has 0 saturated carbocycles. The van der Waals surface area contributed by atoms with Crippen LogP contribution >= 0.6 is 0 Å². The SMILES string of the molecule is Cc1ncc(CC2(C#N)CCN(C(=O)c3cccnc3-c3ccncc3)CC2)cn1. The summed E-state index contributed by atoms with van der Waals surface area (Å²) in [6.07, 6.45) is 10.5. The van der Waals surface area contributed by atoms with Gasteiger partial charge in [-0.3, -0.25) is 14.8 Å². The normalized spacial score (nSPS) is 15.4. The van der Waals surface area contributed by atoms with E-state index in [9.17, 15) is 10.1 Å². The minimum atomic E-state index is -0.502. The van der Waals surface area contributed by atoms with Crippen LogP contribution in [0.5, 0.6) is 0 Å². The van der Waals surface area contributed by atoms with Crippen molar-refractivity contribution in [3.63, 3.8) is 0 Å². The number of pyridine rings is 2. The highest BCUT2D eigenvalue weighted by atomic mass is 16.2. The summed E-state index contributed by atoms with van der Waals surface area (Å²) >= 11 is 0. The van der Waals surface area contributed by atoms with Gasteiger partial charge in [0.2, 0.25) is 0 Å². The molecule has 1 amide bonds. The highest BCUT2D eigenvalue weighted by Gasteiger charge is 2.37. The molecule has 3 aromatic rings. The predicted octanol–water partition coefficient (Wildman–Crippen LogP) is 3.23.